The molecular formula is C21H27N3O4S. The largest absolute Gasteiger partial charge is 0.460 e. The van der Waals surface area contributed by atoms with E-state index < -0.39 is 12.0 Å². The SMILES string of the molecule is CCN1C(=S)N[C@@H](c2cccc(NC(=O)C3CC3)c2)C(C(=O)OCCOC)=C1C. The first kappa shape index (κ1) is 21.3. The van der Waals surface area contributed by atoms with E-state index in [1.165, 1.54) is 0 Å². The Morgan fingerprint density at radius 2 is 2.07 bits per heavy atom. The summed E-state index contributed by atoms with van der Waals surface area (Å²) in [4.78, 5) is 26.9. The lowest BCUT2D eigenvalue weighted by molar-refractivity contribution is -0.140. The Balaban J connectivity index is 1.90. The Labute approximate surface area is 176 Å². The molecule has 1 saturated carbocycles. The lowest BCUT2D eigenvalue weighted by Gasteiger charge is -2.37. The maximum Gasteiger partial charge on any atom is 0.338 e. The van der Waals surface area contributed by atoms with E-state index in [0.29, 0.717) is 29.5 Å². The van der Waals surface area contributed by atoms with Gasteiger partial charge in [-0.15, -0.1) is 0 Å². The van der Waals surface area contributed by atoms with Gasteiger partial charge in [0.25, 0.3) is 0 Å². The lowest BCUT2D eigenvalue weighted by Crippen LogP contribution is -2.47. The highest BCUT2D eigenvalue weighted by Gasteiger charge is 2.34. The predicted molar refractivity (Wildman–Crippen MR) is 114 cm³/mol. The lowest BCUT2D eigenvalue weighted by atomic mass is 9.94. The Kier molecular flexibility index (Phi) is 6.87. The summed E-state index contributed by atoms with van der Waals surface area (Å²) in [6.45, 7) is 4.98. The number of rotatable bonds is 8. The molecule has 1 aliphatic carbocycles. The number of nitrogens with one attached hydrogen (secondary N) is 2. The van der Waals surface area contributed by atoms with Crippen LogP contribution in [0.2, 0.25) is 0 Å². The van der Waals surface area contributed by atoms with Crippen LogP contribution in [0.5, 0.6) is 0 Å². The molecule has 0 radical (unpaired) electrons. The summed E-state index contributed by atoms with van der Waals surface area (Å²) in [5, 5.41) is 6.76. The number of allylic oxidation sites excluding steroid dienone is 1. The van der Waals surface area contributed by atoms with Gasteiger partial charge in [-0.2, -0.15) is 0 Å². The van der Waals surface area contributed by atoms with E-state index in [2.05, 4.69) is 10.6 Å². The van der Waals surface area contributed by atoms with Crippen LogP contribution >= 0.6 is 12.2 Å². The van der Waals surface area contributed by atoms with Crippen LogP contribution in [0.25, 0.3) is 0 Å². The monoisotopic (exact) mass is 417 g/mol. The fraction of sp³-hybridized carbons (Fsp3) is 0.476. The van der Waals surface area contributed by atoms with Gasteiger partial charge >= 0.3 is 5.97 Å². The highest BCUT2D eigenvalue weighted by atomic mass is 32.1. The van der Waals surface area contributed by atoms with Gasteiger partial charge in [0, 0.05) is 31.0 Å². The molecular weight excluding hydrogens is 390 g/mol. The summed E-state index contributed by atoms with van der Waals surface area (Å²) in [5.41, 5.74) is 2.79. The molecule has 0 aromatic heterocycles. The Morgan fingerprint density at radius 3 is 2.72 bits per heavy atom. The van der Waals surface area contributed by atoms with Crippen LogP contribution in [-0.4, -0.2) is 48.8 Å². The van der Waals surface area contributed by atoms with Gasteiger partial charge < -0.3 is 25.0 Å². The van der Waals surface area contributed by atoms with Gasteiger partial charge in [0.1, 0.15) is 6.61 Å². The van der Waals surface area contributed by atoms with E-state index >= 15 is 0 Å². The fourth-order valence-electron chi connectivity index (χ4n) is 3.36. The number of amides is 1. The standard InChI is InChI=1S/C21H27N3O4S/c1-4-24-13(2)17(20(26)28-11-10-27-3)18(23-21(24)29)15-6-5-7-16(12-15)22-19(25)14-8-9-14/h5-7,12,14,18H,4,8-11H2,1-3H3,(H,22,25)(H,23,29)/t18-/m0/s1. The molecule has 1 aromatic carbocycles. The second-order valence-electron chi connectivity index (χ2n) is 7.14. The van der Waals surface area contributed by atoms with Crippen LogP contribution in [0, 0.1) is 5.92 Å². The van der Waals surface area contributed by atoms with Crippen molar-refractivity contribution >= 4 is 34.9 Å². The Morgan fingerprint density at radius 1 is 1.31 bits per heavy atom. The second-order valence-corrected chi connectivity index (χ2v) is 7.53. The predicted octanol–water partition coefficient (Wildman–Crippen LogP) is 2.75. The minimum absolute atomic E-state index is 0.0392. The van der Waals surface area contributed by atoms with Gasteiger partial charge in [0.15, 0.2) is 5.11 Å². The second kappa shape index (κ2) is 9.37. The van der Waals surface area contributed by atoms with Crippen molar-refractivity contribution in [2.24, 2.45) is 5.92 Å². The molecule has 3 rings (SSSR count). The van der Waals surface area contributed by atoms with Crippen molar-refractivity contribution < 1.29 is 19.1 Å². The third kappa shape index (κ3) is 4.94. The maximum atomic E-state index is 12.9. The van der Waals surface area contributed by atoms with E-state index in [9.17, 15) is 9.59 Å². The first-order valence-corrected chi connectivity index (χ1v) is 10.2. The molecule has 29 heavy (non-hydrogen) atoms. The first-order valence-electron chi connectivity index (χ1n) is 9.82. The van der Waals surface area contributed by atoms with E-state index in [0.717, 1.165) is 24.1 Å². The van der Waals surface area contributed by atoms with Gasteiger partial charge in [0.2, 0.25) is 5.91 Å². The van der Waals surface area contributed by atoms with Crippen molar-refractivity contribution in [3.8, 4) is 0 Å². The summed E-state index contributed by atoms with van der Waals surface area (Å²) < 4.78 is 10.4. The zero-order chi connectivity index (χ0) is 21.0. The third-order valence-corrected chi connectivity index (χ3v) is 5.43. The normalized spacial score (nSPS) is 19.1. The molecule has 1 fully saturated rings. The van der Waals surface area contributed by atoms with Crippen molar-refractivity contribution in [1.82, 2.24) is 10.2 Å². The highest BCUT2D eigenvalue weighted by molar-refractivity contribution is 7.80. The smallest absolute Gasteiger partial charge is 0.338 e. The number of carbonyl (C=O) groups is 2. The minimum atomic E-state index is -0.460. The average Bonchev–Trinajstić information content (AvgIpc) is 3.53. The summed E-state index contributed by atoms with van der Waals surface area (Å²) >= 11 is 5.51. The number of esters is 1. The van der Waals surface area contributed by atoms with Gasteiger partial charge in [0.05, 0.1) is 18.2 Å². The molecule has 1 atom stereocenters. The Hall–Kier alpha value is -2.45. The molecule has 0 spiro atoms. The van der Waals surface area contributed by atoms with Crippen LogP contribution in [0.15, 0.2) is 35.5 Å². The van der Waals surface area contributed by atoms with Crippen molar-refractivity contribution in [3.63, 3.8) is 0 Å². The number of benzene rings is 1. The molecule has 8 heteroatoms. The zero-order valence-corrected chi connectivity index (χ0v) is 17.8. The molecule has 7 nitrogen and oxygen atoms in total. The highest BCUT2D eigenvalue weighted by Crippen LogP contribution is 2.33. The fourth-order valence-corrected chi connectivity index (χ4v) is 3.74. The molecule has 2 N–H and O–H groups in total. The summed E-state index contributed by atoms with van der Waals surface area (Å²) in [6.07, 6.45) is 1.88. The average molecular weight is 418 g/mol. The molecule has 1 heterocycles. The molecule has 1 amide bonds. The quantitative estimate of drug-likeness (QED) is 0.382. The third-order valence-electron chi connectivity index (χ3n) is 5.09. The van der Waals surface area contributed by atoms with Gasteiger partial charge in [-0.1, -0.05) is 12.1 Å². The van der Waals surface area contributed by atoms with Crippen LogP contribution in [-0.2, 0) is 19.1 Å². The zero-order valence-electron chi connectivity index (χ0n) is 17.0. The van der Waals surface area contributed by atoms with Crippen LogP contribution in [0.3, 0.4) is 0 Å². The number of thiocarbonyl (C=S) groups is 1. The number of ether oxygens (including phenoxy) is 2. The molecule has 1 aliphatic heterocycles. The topological polar surface area (TPSA) is 79.9 Å². The molecule has 2 aliphatic rings. The van der Waals surface area contributed by atoms with E-state index in [-0.39, 0.29) is 18.4 Å². The van der Waals surface area contributed by atoms with Crippen molar-refractivity contribution in [1.29, 1.82) is 0 Å². The summed E-state index contributed by atoms with van der Waals surface area (Å²) in [7, 11) is 1.56. The van der Waals surface area contributed by atoms with Crippen molar-refractivity contribution in [3.05, 3.63) is 41.1 Å². The number of anilines is 1. The number of carbonyl (C=O) groups excluding carboxylic acids is 2. The van der Waals surface area contributed by atoms with Crippen LogP contribution in [0.4, 0.5) is 5.69 Å². The number of nitrogens with zero attached hydrogens (tertiary/aromatic N) is 1. The molecule has 0 bridgehead atoms. The van der Waals surface area contributed by atoms with E-state index in [1.807, 2.05) is 43.0 Å². The van der Waals surface area contributed by atoms with Gasteiger partial charge in [-0.3, -0.25) is 4.79 Å². The molecule has 156 valence electrons. The van der Waals surface area contributed by atoms with Crippen molar-refractivity contribution in [2.75, 3.05) is 32.2 Å². The maximum absolute atomic E-state index is 12.9. The van der Waals surface area contributed by atoms with Crippen LogP contribution < -0.4 is 10.6 Å². The Bertz CT molecular complexity index is 835. The molecule has 1 aromatic rings. The summed E-state index contributed by atoms with van der Waals surface area (Å²) in [6, 6.07) is 7.02. The van der Waals surface area contributed by atoms with Gasteiger partial charge in [-0.05, 0) is 56.6 Å². The molecule has 0 saturated heterocycles. The number of hydrogen-bond donors (Lipinski definition) is 2. The van der Waals surface area contributed by atoms with Crippen molar-refractivity contribution in [2.45, 2.75) is 32.7 Å². The summed E-state index contributed by atoms with van der Waals surface area (Å²) in [5.74, 6) is -0.256. The number of methoxy groups -OCH3 is 1. The first-order chi connectivity index (χ1) is 14.0. The number of hydrogen-bond acceptors (Lipinski definition) is 5. The molecule has 0 unspecified atom stereocenters. The minimum Gasteiger partial charge on any atom is -0.460 e. The van der Waals surface area contributed by atoms with E-state index in [1.54, 1.807) is 7.11 Å². The van der Waals surface area contributed by atoms with E-state index in [4.69, 9.17) is 21.7 Å². The van der Waals surface area contributed by atoms with Crippen LogP contribution in [0.1, 0.15) is 38.3 Å². The van der Waals surface area contributed by atoms with Gasteiger partial charge in [-0.25, -0.2) is 4.79 Å².